The highest BCUT2D eigenvalue weighted by molar-refractivity contribution is 5.83. The van der Waals surface area contributed by atoms with Crippen LogP contribution in [-0.2, 0) is 9.53 Å². The molecule has 0 aromatic carbocycles. The predicted molar refractivity (Wildman–Crippen MR) is 65.7 cm³/mol. The van der Waals surface area contributed by atoms with E-state index in [0.29, 0.717) is 12.2 Å². The number of anilines is 1. The maximum Gasteiger partial charge on any atom is 0.331 e. The van der Waals surface area contributed by atoms with Gasteiger partial charge in [-0.05, 0) is 20.3 Å². The summed E-state index contributed by atoms with van der Waals surface area (Å²) < 4.78 is 4.83. The first-order chi connectivity index (χ1) is 8.01. The molecule has 5 nitrogen and oxygen atoms in total. The molecular weight excluding hydrogens is 218 g/mol. The van der Waals surface area contributed by atoms with Crippen LogP contribution in [-0.4, -0.2) is 28.6 Å². The Morgan fingerprint density at radius 3 is 2.76 bits per heavy atom. The van der Waals surface area contributed by atoms with Crippen molar-refractivity contribution in [3.63, 3.8) is 0 Å². The number of nitrogens with one attached hydrogen (secondary N) is 1. The fraction of sp³-hybridized carbons (Fsp3) is 0.583. The number of carbonyl (C=O) groups is 1. The van der Waals surface area contributed by atoms with Crippen LogP contribution in [0.1, 0.15) is 32.4 Å². The first kappa shape index (κ1) is 13.4. The smallest absolute Gasteiger partial charge is 0.331 e. The Bertz CT molecular complexity index is 395. The summed E-state index contributed by atoms with van der Waals surface area (Å²) in [4.78, 5) is 19.9. The van der Waals surface area contributed by atoms with Crippen molar-refractivity contribution in [3.05, 3.63) is 18.1 Å². The lowest BCUT2D eigenvalue weighted by Gasteiger charge is -2.28. The normalized spacial score (nSPS) is 13.9. The maximum atomic E-state index is 11.8. The van der Waals surface area contributed by atoms with Gasteiger partial charge in [-0.3, -0.25) is 0 Å². The van der Waals surface area contributed by atoms with Crippen molar-refractivity contribution in [1.29, 1.82) is 0 Å². The van der Waals surface area contributed by atoms with Gasteiger partial charge >= 0.3 is 5.97 Å². The van der Waals surface area contributed by atoms with Gasteiger partial charge in [0.25, 0.3) is 0 Å². The highest BCUT2D eigenvalue weighted by Gasteiger charge is 2.33. The molecule has 0 amide bonds. The van der Waals surface area contributed by atoms with Crippen molar-refractivity contribution in [1.82, 2.24) is 9.97 Å². The number of hydrogen-bond acceptors (Lipinski definition) is 5. The number of rotatable bonds is 5. The Balaban J connectivity index is 2.90. The standard InChI is InChI=1S/C12H19N3O2/c1-5-6-12(3,11(16)17-4)15-10-7-9(2)13-8-14-10/h7-8H,5-6H2,1-4H3,(H,13,14,15). The molecule has 1 aromatic heterocycles. The molecule has 1 aromatic rings. The SMILES string of the molecule is CCCC(C)(Nc1cc(C)ncn1)C(=O)OC. The first-order valence-corrected chi connectivity index (χ1v) is 5.67. The van der Waals surface area contributed by atoms with E-state index in [0.717, 1.165) is 12.1 Å². The second kappa shape index (κ2) is 5.61. The Morgan fingerprint density at radius 1 is 1.53 bits per heavy atom. The molecule has 5 heteroatoms. The first-order valence-electron chi connectivity index (χ1n) is 5.67. The van der Waals surface area contributed by atoms with Gasteiger partial charge in [0.1, 0.15) is 17.7 Å². The van der Waals surface area contributed by atoms with Gasteiger partial charge in [0.15, 0.2) is 0 Å². The van der Waals surface area contributed by atoms with Crippen molar-refractivity contribution < 1.29 is 9.53 Å². The second-order valence-electron chi connectivity index (χ2n) is 4.24. The molecule has 0 bridgehead atoms. The van der Waals surface area contributed by atoms with Gasteiger partial charge in [-0.15, -0.1) is 0 Å². The van der Waals surface area contributed by atoms with Crippen molar-refractivity contribution >= 4 is 11.8 Å². The molecule has 1 unspecified atom stereocenters. The van der Waals surface area contributed by atoms with E-state index < -0.39 is 5.54 Å². The van der Waals surface area contributed by atoms with E-state index in [1.807, 2.05) is 20.8 Å². The van der Waals surface area contributed by atoms with E-state index in [1.54, 1.807) is 6.07 Å². The van der Waals surface area contributed by atoms with Crippen LogP contribution in [0.25, 0.3) is 0 Å². The molecule has 0 radical (unpaired) electrons. The molecule has 0 saturated carbocycles. The summed E-state index contributed by atoms with van der Waals surface area (Å²) in [6, 6.07) is 1.80. The van der Waals surface area contributed by atoms with Gasteiger partial charge < -0.3 is 10.1 Å². The quantitative estimate of drug-likeness (QED) is 0.793. The molecule has 0 aliphatic rings. The lowest BCUT2D eigenvalue weighted by molar-refractivity contribution is -0.145. The highest BCUT2D eigenvalue weighted by atomic mass is 16.5. The van der Waals surface area contributed by atoms with E-state index in [-0.39, 0.29) is 5.97 Å². The van der Waals surface area contributed by atoms with Crippen LogP contribution in [0, 0.1) is 6.92 Å². The third-order valence-corrected chi connectivity index (χ3v) is 2.59. The Hall–Kier alpha value is -1.65. The lowest BCUT2D eigenvalue weighted by atomic mass is 9.96. The van der Waals surface area contributed by atoms with Crippen LogP contribution < -0.4 is 5.32 Å². The molecule has 0 spiro atoms. The number of aromatic nitrogens is 2. The van der Waals surface area contributed by atoms with E-state index in [1.165, 1.54) is 13.4 Å². The van der Waals surface area contributed by atoms with Crippen LogP contribution in [0.15, 0.2) is 12.4 Å². The molecular formula is C12H19N3O2. The highest BCUT2D eigenvalue weighted by Crippen LogP contribution is 2.20. The molecule has 17 heavy (non-hydrogen) atoms. The molecule has 1 heterocycles. The fourth-order valence-electron chi connectivity index (χ4n) is 1.75. The minimum atomic E-state index is -0.746. The number of ether oxygens (including phenoxy) is 1. The van der Waals surface area contributed by atoms with E-state index >= 15 is 0 Å². The molecule has 94 valence electrons. The number of esters is 1. The zero-order chi connectivity index (χ0) is 12.9. The summed E-state index contributed by atoms with van der Waals surface area (Å²) in [5.74, 6) is 0.356. The predicted octanol–water partition coefficient (Wildman–Crippen LogP) is 1.93. The molecule has 0 fully saturated rings. The Morgan fingerprint density at radius 2 is 2.24 bits per heavy atom. The fourth-order valence-corrected chi connectivity index (χ4v) is 1.75. The van der Waals surface area contributed by atoms with Crippen molar-refractivity contribution in [2.45, 2.75) is 39.2 Å². The van der Waals surface area contributed by atoms with Gasteiger partial charge in [0, 0.05) is 11.8 Å². The molecule has 1 atom stereocenters. The molecule has 0 saturated heterocycles. The monoisotopic (exact) mass is 237 g/mol. The third kappa shape index (κ3) is 3.41. The maximum absolute atomic E-state index is 11.8. The van der Waals surface area contributed by atoms with E-state index in [2.05, 4.69) is 15.3 Å². The third-order valence-electron chi connectivity index (χ3n) is 2.59. The second-order valence-corrected chi connectivity index (χ2v) is 4.24. The number of nitrogens with zero attached hydrogens (tertiary/aromatic N) is 2. The largest absolute Gasteiger partial charge is 0.467 e. The Labute approximate surface area is 102 Å². The van der Waals surface area contributed by atoms with Crippen LogP contribution in [0.5, 0.6) is 0 Å². The van der Waals surface area contributed by atoms with Crippen molar-refractivity contribution in [3.8, 4) is 0 Å². The zero-order valence-corrected chi connectivity index (χ0v) is 10.8. The summed E-state index contributed by atoms with van der Waals surface area (Å²) in [5, 5.41) is 3.12. The molecule has 0 aliphatic heterocycles. The van der Waals surface area contributed by atoms with E-state index in [4.69, 9.17) is 4.74 Å². The summed E-state index contributed by atoms with van der Waals surface area (Å²) in [7, 11) is 1.39. The van der Waals surface area contributed by atoms with Crippen LogP contribution in [0.3, 0.4) is 0 Å². The number of hydrogen-bond donors (Lipinski definition) is 1. The van der Waals surface area contributed by atoms with Gasteiger partial charge in [0.05, 0.1) is 7.11 Å². The van der Waals surface area contributed by atoms with Crippen LogP contribution in [0.4, 0.5) is 5.82 Å². The van der Waals surface area contributed by atoms with Gasteiger partial charge in [0.2, 0.25) is 0 Å². The zero-order valence-electron chi connectivity index (χ0n) is 10.8. The van der Waals surface area contributed by atoms with Gasteiger partial charge in [-0.2, -0.15) is 0 Å². The van der Waals surface area contributed by atoms with Gasteiger partial charge in [-0.25, -0.2) is 14.8 Å². The summed E-state index contributed by atoms with van der Waals surface area (Å²) in [6.07, 6.45) is 3.03. The van der Waals surface area contributed by atoms with Crippen molar-refractivity contribution in [2.75, 3.05) is 12.4 Å². The number of methoxy groups -OCH3 is 1. The van der Waals surface area contributed by atoms with E-state index in [9.17, 15) is 4.79 Å². The average Bonchev–Trinajstić information content (AvgIpc) is 2.28. The summed E-state index contributed by atoms with van der Waals surface area (Å²) in [5.41, 5.74) is 0.107. The Kier molecular flexibility index (Phi) is 4.43. The minimum absolute atomic E-state index is 0.282. The number of carbonyl (C=O) groups excluding carboxylic acids is 1. The van der Waals surface area contributed by atoms with Gasteiger partial charge in [-0.1, -0.05) is 13.3 Å². The minimum Gasteiger partial charge on any atom is -0.467 e. The van der Waals surface area contributed by atoms with Crippen molar-refractivity contribution in [2.24, 2.45) is 0 Å². The lowest BCUT2D eigenvalue weighted by Crippen LogP contribution is -2.44. The van der Waals surface area contributed by atoms with Crippen LogP contribution in [0.2, 0.25) is 0 Å². The molecule has 1 rings (SSSR count). The average molecular weight is 237 g/mol. The molecule has 0 aliphatic carbocycles. The molecule has 1 N–H and O–H groups in total. The summed E-state index contributed by atoms with van der Waals surface area (Å²) >= 11 is 0. The number of aryl methyl sites for hydroxylation is 1. The summed E-state index contributed by atoms with van der Waals surface area (Å²) in [6.45, 7) is 5.72. The van der Waals surface area contributed by atoms with Crippen LogP contribution >= 0.6 is 0 Å². The topological polar surface area (TPSA) is 64.1 Å².